The van der Waals surface area contributed by atoms with Crippen molar-refractivity contribution in [1.29, 1.82) is 0 Å². The van der Waals surface area contributed by atoms with E-state index in [1.165, 1.54) is 17.4 Å². The first-order valence-corrected chi connectivity index (χ1v) is 7.37. The fourth-order valence-corrected chi connectivity index (χ4v) is 2.21. The number of nitrogens with one attached hydrogen (secondary N) is 1. The lowest BCUT2D eigenvalue weighted by Crippen LogP contribution is -2.20. The Balaban J connectivity index is 1.75. The Morgan fingerprint density at radius 2 is 2.00 bits per heavy atom. The molecule has 0 aliphatic rings. The highest BCUT2D eigenvalue weighted by atomic mass is 32.1. The standard InChI is InChI=1S/C16H15NO4S/c1-20-13-6-4-12(5-7-13)17-15(18)11-21-16(19)9-8-14-3-2-10-22-14/h2-10H,11H2,1H3,(H,17,18)/b9-8+. The molecule has 6 heteroatoms. The second kappa shape index (κ2) is 7.99. The van der Waals surface area contributed by atoms with Crippen molar-refractivity contribution < 1.29 is 19.1 Å². The van der Waals surface area contributed by atoms with Crippen LogP contribution in [0.5, 0.6) is 5.75 Å². The molecule has 1 heterocycles. The molecular weight excluding hydrogens is 302 g/mol. The lowest BCUT2D eigenvalue weighted by atomic mass is 10.3. The Hall–Kier alpha value is -2.60. The maximum atomic E-state index is 11.7. The number of carbonyl (C=O) groups is 2. The fourth-order valence-electron chi connectivity index (χ4n) is 1.59. The Bertz CT molecular complexity index is 647. The van der Waals surface area contributed by atoms with Gasteiger partial charge in [0.1, 0.15) is 5.75 Å². The van der Waals surface area contributed by atoms with Gasteiger partial charge in [-0.3, -0.25) is 4.79 Å². The predicted octanol–water partition coefficient (Wildman–Crippen LogP) is 2.95. The van der Waals surface area contributed by atoms with E-state index in [0.29, 0.717) is 11.4 Å². The first kappa shape index (κ1) is 15.8. The van der Waals surface area contributed by atoms with Gasteiger partial charge in [0.25, 0.3) is 5.91 Å². The minimum Gasteiger partial charge on any atom is -0.497 e. The number of anilines is 1. The second-order valence-electron chi connectivity index (χ2n) is 4.23. The summed E-state index contributed by atoms with van der Waals surface area (Å²) in [7, 11) is 1.57. The Kier molecular flexibility index (Phi) is 5.73. The minimum atomic E-state index is -0.557. The average Bonchev–Trinajstić information content (AvgIpc) is 3.05. The topological polar surface area (TPSA) is 64.6 Å². The van der Waals surface area contributed by atoms with Crippen molar-refractivity contribution in [3.8, 4) is 5.75 Å². The van der Waals surface area contributed by atoms with Gasteiger partial charge in [-0.15, -0.1) is 11.3 Å². The molecule has 1 amide bonds. The summed E-state index contributed by atoms with van der Waals surface area (Å²) in [6, 6.07) is 10.6. The highest BCUT2D eigenvalue weighted by Gasteiger charge is 2.05. The van der Waals surface area contributed by atoms with Crippen molar-refractivity contribution in [2.24, 2.45) is 0 Å². The maximum Gasteiger partial charge on any atom is 0.331 e. The minimum absolute atomic E-state index is 0.334. The summed E-state index contributed by atoms with van der Waals surface area (Å²) in [6.07, 6.45) is 2.95. The average molecular weight is 317 g/mol. The van der Waals surface area contributed by atoms with Crippen molar-refractivity contribution in [2.75, 3.05) is 19.0 Å². The van der Waals surface area contributed by atoms with Crippen LogP contribution in [-0.4, -0.2) is 25.6 Å². The van der Waals surface area contributed by atoms with Crippen LogP contribution in [0.2, 0.25) is 0 Å². The molecule has 0 aliphatic carbocycles. The van der Waals surface area contributed by atoms with Crippen LogP contribution in [0, 0.1) is 0 Å². The Morgan fingerprint density at radius 3 is 2.64 bits per heavy atom. The number of carbonyl (C=O) groups excluding carboxylic acids is 2. The number of benzene rings is 1. The van der Waals surface area contributed by atoms with Crippen LogP contribution in [0.1, 0.15) is 4.88 Å². The van der Waals surface area contributed by atoms with Crippen LogP contribution < -0.4 is 10.1 Å². The van der Waals surface area contributed by atoms with Gasteiger partial charge in [0.05, 0.1) is 7.11 Å². The van der Waals surface area contributed by atoms with E-state index in [4.69, 9.17) is 9.47 Å². The molecule has 0 saturated carbocycles. The quantitative estimate of drug-likeness (QED) is 0.657. The zero-order valence-electron chi connectivity index (χ0n) is 11.9. The van der Waals surface area contributed by atoms with Gasteiger partial charge >= 0.3 is 5.97 Å². The van der Waals surface area contributed by atoms with E-state index < -0.39 is 11.9 Å². The van der Waals surface area contributed by atoms with E-state index in [9.17, 15) is 9.59 Å². The summed E-state index contributed by atoms with van der Waals surface area (Å²) in [6.45, 7) is -0.334. The molecule has 5 nitrogen and oxygen atoms in total. The highest BCUT2D eigenvalue weighted by molar-refractivity contribution is 7.10. The number of hydrogen-bond donors (Lipinski definition) is 1. The van der Waals surface area contributed by atoms with Crippen LogP contribution in [0.15, 0.2) is 47.9 Å². The van der Waals surface area contributed by atoms with Gasteiger partial charge in [0.2, 0.25) is 0 Å². The van der Waals surface area contributed by atoms with Gasteiger partial charge in [-0.1, -0.05) is 6.07 Å². The molecular formula is C16H15NO4S. The molecule has 2 rings (SSSR count). The number of amides is 1. The number of ether oxygens (including phenoxy) is 2. The van der Waals surface area contributed by atoms with Gasteiger partial charge in [-0.05, 0) is 41.8 Å². The van der Waals surface area contributed by atoms with Crippen molar-refractivity contribution in [3.05, 3.63) is 52.7 Å². The van der Waals surface area contributed by atoms with Crippen LogP contribution >= 0.6 is 11.3 Å². The lowest BCUT2D eigenvalue weighted by molar-refractivity contribution is -0.142. The number of rotatable bonds is 6. The third-order valence-electron chi connectivity index (χ3n) is 2.65. The van der Waals surface area contributed by atoms with Gasteiger partial charge in [0.15, 0.2) is 6.61 Å². The molecule has 1 N–H and O–H groups in total. The summed E-state index contributed by atoms with van der Waals surface area (Å²) < 4.78 is 9.88. The number of methoxy groups -OCH3 is 1. The van der Waals surface area contributed by atoms with Crippen molar-refractivity contribution in [3.63, 3.8) is 0 Å². The Labute approximate surface area is 132 Å². The molecule has 114 valence electrons. The summed E-state index contributed by atoms with van der Waals surface area (Å²) in [5.74, 6) is -0.260. The largest absolute Gasteiger partial charge is 0.497 e. The van der Waals surface area contributed by atoms with Gasteiger partial charge < -0.3 is 14.8 Å². The molecule has 0 spiro atoms. The molecule has 0 radical (unpaired) electrons. The normalized spacial score (nSPS) is 10.4. The predicted molar refractivity (Wildman–Crippen MR) is 85.9 cm³/mol. The number of thiophene rings is 1. The van der Waals surface area contributed by atoms with Crippen LogP contribution in [0.25, 0.3) is 6.08 Å². The van der Waals surface area contributed by atoms with Crippen LogP contribution in [0.4, 0.5) is 5.69 Å². The summed E-state index contributed by atoms with van der Waals surface area (Å²) >= 11 is 1.51. The van der Waals surface area contributed by atoms with E-state index in [2.05, 4.69) is 5.32 Å². The molecule has 22 heavy (non-hydrogen) atoms. The maximum absolute atomic E-state index is 11.7. The molecule has 1 aromatic heterocycles. The Morgan fingerprint density at radius 1 is 1.23 bits per heavy atom. The summed E-state index contributed by atoms with van der Waals surface area (Å²) in [5.41, 5.74) is 0.607. The third-order valence-corrected chi connectivity index (χ3v) is 3.48. The summed E-state index contributed by atoms with van der Waals surface area (Å²) in [5, 5.41) is 4.53. The van der Waals surface area contributed by atoms with Gasteiger partial charge in [0, 0.05) is 16.6 Å². The van der Waals surface area contributed by atoms with E-state index in [1.54, 1.807) is 37.5 Å². The molecule has 0 bridgehead atoms. The van der Waals surface area contributed by atoms with Crippen LogP contribution in [0.3, 0.4) is 0 Å². The molecule has 0 aliphatic heterocycles. The highest BCUT2D eigenvalue weighted by Crippen LogP contribution is 2.14. The molecule has 0 saturated heterocycles. The first-order valence-electron chi connectivity index (χ1n) is 6.49. The first-order chi connectivity index (χ1) is 10.7. The van der Waals surface area contributed by atoms with E-state index in [-0.39, 0.29) is 6.61 Å². The number of esters is 1. The number of hydrogen-bond acceptors (Lipinski definition) is 5. The fraction of sp³-hybridized carbons (Fsp3) is 0.125. The van der Waals surface area contributed by atoms with Crippen molar-refractivity contribution >= 4 is 35.0 Å². The van der Waals surface area contributed by atoms with Crippen molar-refractivity contribution in [2.45, 2.75) is 0 Å². The monoisotopic (exact) mass is 317 g/mol. The van der Waals surface area contributed by atoms with E-state index >= 15 is 0 Å². The molecule has 0 unspecified atom stereocenters. The van der Waals surface area contributed by atoms with Gasteiger partial charge in [-0.2, -0.15) is 0 Å². The van der Waals surface area contributed by atoms with Gasteiger partial charge in [-0.25, -0.2) is 4.79 Å². The molecule has 1 aromatic carbocycles. The molecule has 0 fully saturated rings. The molecule has 0 atom stereocenters. The smallest absolute Gasteiger partial charge is 0.331 e. The van der Waals surface area contributed by atoms with Crippen LogP contribution in [-0.2, 0) is 14.3 Å². The lowest BCUT2D eigenvalue weighted by Gasteiger charge is -2.06. The third kappa shape index (κ3) is 5.06. The van der Waals surface area contributed by atoms with Crippen molar-refractivity contribution in [1.82, 2.24) is 0 Å². The zero-order valence-corrected chi connectivity index (χ0v) is 12.8. The van der Waals surface area contributed by atoms with E-state index in [0.717, 1.165) is 4.88 Å². The summed E-state index contributed by atoms with van der Waals surface area (Å²) in [4.78, 5) is 24.1. The SMILES string of the molecule is COc1ccc(NC(=O)COC(=O)/C=C/c2cccs2)cc1. The molecule has 2 aromatic rings. The van der Waals surface area contributed by atoms with E-state index in [1.807, 2.05) is 17.5 Å². The zero-order chi connectivity index (χ0) is 15.8. The second-order valence-corrected chi connectivity index (χ2v) is 5.21.